The summed E-state index contributed by atoms with van der Waals surface area (Å²) >= 11 is 5.96. The largest absolute Gasteiger partial charge is 0.378 e. The molecule has 17 heavy (non-hydrogen) atoms. The van der Waals surface area contributed by atoms with Crippen molar-refractivity contribution >= 4 is 17.3 Å². The molecule has 1 atom stereocenters. The van der Waals surface area contributed by atoms with Gasteiger partial charge in [0.2, 0.25) is 0 Å². The van der Waals surface area contributed by atoms with E-state index in [4.69, 9.17) is 17.3 Å². The van der Waals surface area contributed by atoms with Gasteiger partial charge in [0.1, 0.15) is 5.02 Å². The average Bonchev–Trinajstić information content (AvgIpc) is 2.34. The molecule has 0 aliphatic heterocycles. The van der Waals surface area contributed by atoms with Crippen LogP contribution in [0.1, 0.15) is 26.2 Å². The number of hydrogen-bond acceptors (Lipinski definition) is 4. The van der Waals surface area contributed by atoms with Crippen LogP contribution in [-0.4, -0.2) is 22.4 Å². The van der Waals surface area contributed by atoms with E-state index in [0.29, 0.717) is 12.2 Å². The number of unbranched alkanes of at least 4 members (excludes halogenated alkanes) is 1. The predicted octanol–water partition coefficient (Wildman–Crippen LogP) is 1.36. The van der Waals surface area contributed by atoms with Crippen LogP contribution in [0.3, 0.4) is 0 Å². The summed E-state index contributed by atoms with van der Waals surface area (Å²) < 4.78 is 1.21. The summed E-state index contributed by atoms with van der Waals surface area (Å²) in [4.78, 5) is 11.6. The Morgan fingerprint density at radius 3 is 2.94 bits per heavy atom. The van der Waals surface area contributed by atoms with E-state index in [1.165, 1.54) is 4.68 Å². The first kappa shape index (κ1) is 14.0. The van der Waals surface area contributed by atoms with E-state index in [9.17, 15) is 4.79 Å². The standard InChI is InChI=1S/C11H19ClN4O/c1-3-4-5-8(6-13)15-9-7-14-16(2)11(17)10(9)12/h7-8,15H,3-6,13H2,1-2H3. The molecular formula is C11H19ClN4O. The molecule has 0 amide bonds. The van der Waals surface area contributed by atoms with Crippen LogP contribution in [0.25, 0.3) is 0 Å². The molecule has 0 aromatic carbocycles. The first-order valence-corrected chi connectivity index (χ1v) is 6.16. The van der Waals surface area contributed by atoms with Crippen molar-refractivity contribution < 1.29 is 0 Å². The van der Waals surface area contributed by atoms with Crippen LogP contribution >= 0.6 is 11.6 Å². The molecule has 1 rings (SSSR count). The van der Waals surface area contributed by atoms with Crippen LogP contribution in [0.4, 0.5) is 5.69 Å². The Balaban J connectivity index is 2.80. The van der Waals surface area contributed by atoms with E-state index in [-0.39, 0.29) is 16.6 Å². The number of nitrogens with two attached hydrogens (primary N) is 1. The lowest BCUT2D eigenvalue weighted by Crippen LogP contribution is -2.30. The van der Waals surface area contributed by atoms with Crippen LogP contribution in [0.5, 0.6) is 0 Å². The van der Waals surface area contributed by atoms with Gasteiger partial charge in [-0.05, 0) is 6.42 Å². The summed E-state index contributed by atoms with van der Waals surface area (Å²) in [6.45, 7) is 2.63. The maximum Gasteiger partial charge on any atom is 0.287 e. The Labute approximate surface area is 106 Å². The highest BCUT2D eigenvalue weighted by Crippen LogP contribution is 2.17. The van der Waals surface area contributed by atoms with Crippen LogP contribution in [0, 0.1) is 0 Å². The molecule has 0 saturated heterocycles. The van der Waals surface area contributed by atoms with Gasteiger partial charge in [0.25, 0.3) is 5.56 Å². The zero-order valence-electron chi connectivity index (χ0n) is 10.2. The van der Waals surface area contributed by atoms with E-state index in [1.54, 1.807) is 13.2 Å². The van der Waals surface area contributed by atoms with Gasteiger partial charge in [-0.3, -0.25) is 4.79 Å². The Kier molecular flexibility index (Phi) is 5.44. The third-order valence-electron chi connectivity index (χ3n) is 2.63. The molecule has 1 unspecified atom stereocenters. The van der Waals surface area contributed by atoms with Crippen LogP contribution in [0.2, 0.25) is 5.02 Å². The van der Waals surface area contributed by atoms with Gasteiger partial charge in [0, 0.05) is 19.6 Å². The zero-order chi connectivity index (χ0) is 12.8. The molecule has 5 nitrogen and oxygen atoms in total. The van der Waals surface area contributed by atoms with Gasteiger partial charge >= 0.3 is 0 Å². The molecule has 1 aromatic heterocycles. The Bertz CT molecular complexity index is 418. The van der Waals surface area contributed by atoms with Crippen molar-refractivity contribution in [3.05, 3.63) is 21.6 Å². The fraction of sp³-hybridized carbons (Fsp3) is 0.636. The van der Waals surface area contributed by atoms with Crippen molar-refractivity contribution in [3.63, 3.8) is 0 Å². The highest BCUT2D eigenvalue weighted by atomic mass is 35.5. The van der Waals surface area contributed by atoms with Gasteiger partial charge in [-0.2, -0.15) is 5.10 Å². The molecule has 0 bridgehead atoms. The van der Waals surface area contributed by atoms with Crippen molar-refractivity contribution in [2.75, 3.05) is 11.9 Å². The van der Waals surface area contributed by atoms with Crippen LogP contribution in [0.15, 0.2) is 11.0 Å². The number of aromatic nitrogens is 2. The number of nitrogens with one attached hydrogen (secondary N) is 1. The Hall–Kier alpha value is -1.07. The number of hydrogen-bond donors (Lipinski definition) is 2. The fourth-order valence-electron chi connectivity index (χ4n) is 1.53. The number of halogens is 1. The van der Waals surface area contributed by atoms with Gasteiger partial charge in [0.05, 0.1) is 11.9 Å². The molecule has 96 valence electrons. The minimum absolute atomic E-state index is 0.126. The second-order valence-corrected chi connectivity index (χ2v) is 4.40. The second-order valence-electron chi connectivity index (χ2n) is 4.02. The quantitative estimate of drug-likeness (QED) is 0.808. The van der Waals surface area contributed by atoms with Gasteiger partial charge in [-0.15, -0.1) is 0 Å². The molecule has 3 N–H and O–H groups in total. The van der Waals surface area contributed by atoms with Crippen LogP contribution in [-0.2, 0) is 7.05 Å². The molecular weight excluding hydrogens is 240 g/mol. The van der Waals surface area contributed by atoms with E-state index in [2.05, 4.69) is 17.3 Å². The smallest absolute Gasteiger partial charge is 0.287 e. The van der Waals surface area contributed by atoms with Crippen molar-refractivity contribution in [3.8, 4) is 0 Å². The van der Waals surface area contributed by atoms with Crippen LogP contribution < -0.4 is 16.6 Å². The summed E-state index contributed by atoms with van der Waals surface area (Å²) in [5, 5.41) is 7.25. The minimum Gasteiger partial charge on any atom is -0.378 e. The number of rotatable bonds is 6. The van der Waals surface area contributed by atoms with Crippen molar-refractivity contribution in [2.24, 2.45) is 12.8 Å². The van der Waals surface area contributed by atoms with Gasteiger partial charge in [-0.25, -0.2) is 4.68 Å². The minimum atomic E-state index is -0.303. The molecule has 0 radical (unpaired) electrons. The fourth-order valence-corrected chi connectivity index (χ4v) is 1.76. The lowest BCUT2D eigenvalue weighted by molar-refractivity contribution is 0.612. The number of aryl methyl sites for hydroxylation is 1. The highest BCUT2D eigenvalue weighted by molar-refractivity contribution is 6.32. The van der Waals surface area contributed by atoms with Gasteiger partial charge < -0.3 is 11.1 Å². The van der Waals surface area contributed by atoms with E-state index in [0.717, 1.165) is 19.3 Å². The number of anilines is 1. The second kappa shape index (κ2) is 6.61. The van der Waals surface area contributed by atoms with Crippen molar-refractivity contribution in [1.29, 1.82) is 0 Å². The Morgan fingerprint density at radius 1 is 1.65 bits per heavy atom. The molecule has 0 spiro atoms. The molecule has 1 aromatic rings. The molecule has 0 saturated carbocycles. The lowest BCUT2D eigenvalue weighted by atomic mass is 10.1. The topological polar surface area (TPSA) is 72.9 Å². The summed E-state index contributed by atoms with van der Waals surface area (Å²) in [5.41, 5.74) is 5.92. The monoisotopic (exact) mass is 258 g/mol. The molecule has 0 aliphatic rings. The summed E-state index contributed by atoms with van der Waals surface area (Å²) in [6.07, 6.45) is 4.71. The third-order valence-corrected chi connectivity index (χ3v) is 2.99. The molecule has 0 aliphatic carbocycles. The third kappa shape index (κ3) is 3.71. The number of nitrogens with zero attached hydrogens (tertiary/aromatic N) is 2. The first-order valence-electron chi connectivity index (χ1n) is 5.78. The summed E-state index contributed by atoms with van der Waals surface area (Å²) in [5.74, 6) is 0. The van der Waals surface area contributed by atoms with E-state index >= 15 is 0 Å². The SMILES string of the molecule is CCCCC(CN)Nc1cnn(C)c(=O)c1Cl. The van der Waals surface area contributed by atoms with E-state index in [1.807, 2.05) is 0 Å². The maximum absolute atomic E-state index is 11.6. The summed E-state index contributed by atoms with van der Waals surface area (Å²) in [6, 6.07) is 0.126. The van der Waals surface area contributed by atoms with Gasteiger partial charge in [-0.1, -0.05) is 31.4 Å². The van der Waals surface area contributed by atoms with Crippen molar-refractivity contribution in [2.45, 2.75) is 32.2 Å². The normalized spacial score (nSPS) is 12.5. The molecule has 6 heteroatoms. The summed E-state index contributed by atoms with van der Waals surface area (Å²) in [7, 11) is 1.56. The molecule has 0 fully saturated rings. The van der Waals surface area contributed by atoms with Gasteiger partial charge in [0.15, 0.2) is 0 Å². The zero-order valence-corrected chi connectivity index (χ0v) is 11.0. The highest BCUT2D eigenvalue weighted by Gasteiger charge is 2.11. The maximum atomic E-state index is 11.6. The molecule has 1 heterocycles. The van der Waals surface area contributed by atoms with E-state index < -0.39 is 0 Å². The lowest BCUT2D eigenvalue weighted by Gasteiger charge is -2.18. The van der Waals surface area contributed by atoms with Crippen molar-refractivity contribution in [1.82, 2.24) is 9.78 Å². The predicted molar refractivity (Wildman–Crippen MR) is 70.5 cm³/mol. The first-order chi connectivity index (χ1) is 8.10. The average molecular weight is 259 g/mol. The Morgan fingerprint density at radius 2 is 2.35 bits per heavy atom.